The molecule has 1 unspecified atom stereocenters. The van der Waals surface area contributed by atoms with Crippen molar-refractivity contribution in [3.8, 4) is 0 Å². The Morgan fingerprint density at radius 1 is 0.500 bits per heavy atom. The summed E-state index contributed by atoms with van der Waals surface area (Å²) in [5.41, 5.74) is 0. The number of allylic oxidation sites excluding steroid dienone is 9. The van der Waals surface area contributed by atoms with Gasteiger partial charge in [-0.25, -0.2) is 0 Å². The summed E-state index contributed by atoms with van der Waals surface area (Å²) < 4.78 is 5.93. The number of ether oxygens (including phenoxy) is 1. The predicted octanol–water partition coefficient (Wildman–Crippen LogP) is 13.3. The summed E-state index contributed by atoms with van der Waals surface area (Å²) in [5, 5.41) is 8.81. The zero-order valence-electron chi connectivity index (χ0n) is 30.1. The van der Waals surface area contributed by atoms with E-state index in [2.05, 4.69) is 62.5 Å². The number of hydrogen-bond acceptors (Lipinski definition) is 3. The zero-order valence-corrected chi connectivity index (χ0v) is 30.1. The molecule has 4 nitrogen and oxygen atoms in total. The van der Waals surface area contributed by atoms with Crippen LogP contribution in [0, 0.1) is 0 Å². The van der Waals surface area contributed by atoms with Crippen LogP contribution in [0.3, 0.4) is 0 Å². The monoisotopic (exact) mass is 641 g/mol. The first-order valence-corrected chi connectivity index (χ1v) is 19.3. The Hall–Kier alpha value is -2.36. The van der Waals surface area contributed by atoms with Gasteiger partial charge in [-0.3, -0.25) is 9.59 Å². The third-order valence-electron chi connectivity index (χ3n) is 8.29. The third-order valence-corrected chi connectivity index (χ3v) is 8.29. The van der Waals surface area contributed by atoms with Gasteiger partial charge in [0.15, 0.2) is 0 Å². The molecule has 0 aliphatic heterocycles. The fourth-order valence-corrected chi connectivity index (χ4v) is 5.49. The molecule has 0 saturated heterocycles. The van der Waals surface area contributed by atoms with Crippen LogP contribution in [-0.2, 0) is 14.3 Å². The highest BCUT2D eigenvalue weighted by Gasteiger charge is 2.13. The molecule has 0 rings (SSSR count). The summed E-state index contributed by atoms with van der Waals surface area (Å²) in [5.74, 6) is -0.833. The summed E-state index contributed by atoms with van der Waals surface area (Å²) in [7, 11) is 0. The number of unbranched alkanes of at least 4 members (excludes halogenated alkanes) is 16. The van der Waals surface area contributed by atoms with Crippen molar-refractivity contribution in [3.63, 3.8) is 0 Å². The standard InChI is InChI=1S/C42H72O4/c1-3-5-7-9-11-13-15-17-18-20-22-24-26-31-35-39-42(45)46-40(37-33-29-27-30-34-38-41(43)44)36-32-28-25-23-21-19-16-14-12-10-8-6-4-2/h5,7,11,13,17-18,22,24,31,35,40H,3-4,6,8-10,12,14-16,19-21,23,25-30,32-34,36-39H2,1-2H3,(H,43,44)/b7-5-,13-11-,18-17-,24-22-,35-31-. The van der Waals surface area contributed by atoms with Gasteiger partial charge < -0.3 is 9.84 Å². The van der Waals surface area contributed by atoms with Crippen molar-refractivity contribution >= 4 is 11.9 Å². The van der Waals surface area contributed by atoms with E-state index in [9.17, 15) is 9.59 Å². The van der Waals surface area contributed by atoms with Crippen molar-refractivity contribution in [1.82, 2.24) is 0 Å². The number of carbonyl (C=O) groups is 2. The quantitative estimate of drug-likeness (QED) is 0.0432. The molecule has 0 amide bonds. The van der Waals surface area contributed by atoms with Gasteiger partial charge in [0.1, 0.15) is 6.10 Å². The van der Waals surface area contributed by atoms with Crippen LogP contribution in [0.25, 0.3) is 0 Å². The third kappa shape index (κ3) is 36.1. The molecule has 0 bridgehead atoms. The Morgan fingerprint density at radius 2 is 0.870 bits per heavy atom. The number of carbonyl (C=O) groups excluding carboxylic acids is 1. The van der Waals surface area contributed by atoms with Gasteiger partial charge in [0.05, 0.1) is 6.42 Å². The Morgan fingerprint density at radius 3 is 1.28 bits per heavy atom. The first-order valence-electron chi connectivity index (χ1n) is 19.3. The van der Waals surface area contributed by atoms with Crippen molar-refractivity contribution in [3.05, 3.63) is 60.8 Å². The number of aliphatic carboxylic acids is 1. The SMILES string of the molecule is CC/C=C\C/C=C\C/C=C\C/C=C\C/C=C\CC(=O)OC(CCCCCCCCCCCCCCC)CCCCCCCC(=O)O. The van der Waals surface area contributed by atoms with E-state index in [0.717, 1.165) is 83.5 Å². The lowest BCUT2D eigenvalue weighted by molar-refractivity contribution is -0.148. The molecule has 4 heteroatoms. The summed E-state index contributed by atoms with van der Waals surface area (Å²) in [4.78, 5) is 23.3. The second-order valence-electron chi connectivity index (χ2n) is 12.8. The summed E-state index contributed by atoms with van der Waals surface area (Å²) in [6.07, 6.45) is 51.0. The average Bonchev–Trinajstić information content (AvgIpc) is 3.04. The Kier molecular flexibility index (Phi) is 35.2. The van der Waals surface area contributed by atoms with Gasteiger partial charge in [-0.1, -0.05) is 171 Å². The lowest BCUT2D eigenvalue weighted by Gasteiger charge is -2.18. The van der Waals surface area contributed by atoms with Crippen molar-refractivity contribution in [2.24, 2.45) is 0 Å². The Labute approximate surface area is 284 Å². The van der Waals surface area contributed by atoms with Gasteiger partial charge in [-0.15, -0.1) is 0 Å². The predicted molar refractivity (Wildman–Crippen MR) is 199 cm³/mol. The minimum Gasteiger partial charge on any atom is -0.481 e. The van der Waals surface area contributed by atoms with Crippen LogP contribution < -0.4 is 0 Å². The second-order valence-corrected chi connectivity index (χ2v) is 12.8. The molecule has 1 N–H and O–H groups in total. The van der Waals surface area contributed by atoms with E-state index in [1.165, 1.54) is 77.0 Å². The average molecular weight is 641 g/mol. The molecule has 0 aromatic carbocycles. The van der Waals surface area contributed by atoms with Crippen LogP contribution in [0.5, 0.6) is 0 Å². The maximum absolute atomic E-state index is 12.6. The Bertz CT molecular complexity index is 820. The Balaban J connectivity index is 4.22. The molecule has 0 aromatic heterocycles. The van der Waals surface area contributed by atoms with Crippen LogP contribution in [0.4, 0.5) is 0 Å². The lowest BCUT2D eigenvalue weighted by Crippen LogP contribution is -2.18. The fourth-order valence-electron chi connectivity index (χ4n) is 5.49. The summed E-state index contributed by atoms with van der Waals surface area (Å²) in [6.45, 7) is 4.43. The highest BCUT2D eigenvalue weighted by atomic mass is 16.5. The van der Waals surface area contributed by atoms with Crippen LogP contribution in [-0.4, -0.2) is 23.1 Å². The van der Waals surface area contributed by atoms with Gasteiger partial charge in [-0.2, -0.15) is 0 Å². The largest absolute Gasteiger partial charge is 0.481 e. The van der Waals surface area contributed by atoms with E-state index >= 15 is 0 Å². The minimum atomic E-state index is -0.711. The van der Waals surface area contributed by atoms with E-state index in [1.807, 2.05) is 12.2 Å². The van der Waals surface area contributed by atoms with Gasteiger partial charge in [0.2, 0.25) is 0 Å². The van der Waals surface area contributed by atoms with Crippen LogP contribution in [0.15, 0.2) is 60.8 Å². The number of hydrogen-bond donors (Lipinski definition) is 1. The first kappa shape index (κ1) is 43.6. The van der Waals surface area contributed by atoms with Crippen molar-refractivity contribution in [1.29, 1.82) is 0 Å². The lowest BCUT2D eigenvalue weighted by atomic mass is 10.0. The van der Waals surface area contributed by atoms with Crippen LogP contribution in [0.2, 0.25) is 0 Å². The van der Waals surface area contributed by atoms with Crippen LogP contribution >= 0.6 is 0 Å². The molecule has 0 fully saturated rings. The van der Waals surface area contributed by atoms with E-state index in [0.29, 0.717) is 6.42 Å². The molecule has 0 spiro atoms. The van der Waals surface area contributed by atoms with E-state index in [4.69, 9.17) is 9.84 Å². The van der Waals surface area contributed by atoms with Gasteiger partial charge in [-0.05, 0) is 64.2 Å². The van der Waals surface area contributed by atoms with E-state index in [-0.39, 0.29) is 18.5 Å². The highest BCUT2D eigenvalue weighted by Crippen LogP contribution is 2.18. The molecule has 0 aliphatic rings. The molecule has 0 radical (unpaired) electrons. The van der Waals surface area contributed by atoms with E-state index in [1.54, 1.807) is 0 Å². The number of esters is 1. The molecule has 264 valence electrons. The minimum absolute atomic E-state index is 0.00182. The number of rotatable bonds is 34. The smallest absolute Gasteiger partial charge is 0.309 e. The normalized spacial score (nSPS) is 12.9. The molecular weight excluding hydrogens is 568 g/mol. The van der Waals surface area contributed by atoms with Gasteiger partial charge >= 0.3 is 11.9 Å². The summed E-state index contributed by atoms with van der Waals surface area (Å²) >= 11 is 0. The molecule has 0 heterocycles. The summed E-state index contributed by atoms with van der Waals surface area (Å²) in [6, 6.07) is 0. The fraction of sp³-hybridized carbons (Fsp3) is 0.714. The zero-order chi connectivity index (χ0) is 33.6. The second kappa shape index (κ2) is 37.1. The number of carboxylic acids is 1. The van der Waals surface area contributed by atoms with Crippen molar-refractivity contribution in [2.45, 2.75) is 193 Å². The van der Waals surface area contributed by atoms with Crippen molar-refractivity contribution < 1.29 is 19.4 Å². The first-order chi connectivity index (χ1) is 22.6. The maximum atomic E-state index is 12.6. The topological polar surface area (TPSA) is 63.6 Å². The molecule has 0 saturated carbocycles. The molecule has 0 aromatic rings. The van der Waals surface area contributed by atoms with E-state index < -0.39 is 5.97 Å². The maximum Gasteiger partial charge on any atom is 0.309 e. The molecule has 46 heavy (non-hydrogen) atoms. The van der Waals surface area contributed by atoms with Crippen molar-refractivity contribution in [2.75, 3.05) is 0 Å². The molecule has 0 aliphatic carbocycles. The molecule has 1 atom stereocenters. The highest BCUT2D eigenvalue weighted by molar-refractivity contribution is 5.71. The van der Waals surface area contributed by atoms with Gasteiger partial charge in [0.25, 0.3) is 0 Å². The molecular formula is C42H72O4. The number of carboxylic acid groups (broad SMARTS) is 1. The van der Waals surface area contributed by atoms with Gasteiger partial charge in [0, 0.05) is 6.42 Å². The van der Waals surface area contributed by atoms with Crippen LogP contribution in [0.1, 0.15) is 187 Å².